The van der Waals surface area contributed by atoms with Gasteiger partial charge in [-0.1, -0.05) is 60.7 Å². The summed E-state index contributed by atoms with van der Waals surface area (Å²) in [6.45, 7) is 1.22. The predicted octanol–water partition coefficient (Wildman–Crippen LogP) is 4.78. The highest BCUT2D eigenvalue weighted by atomic mass is 16.6. The van der Waals surface area contributed by atoms with Gasteiger partial charge < -0.3 is 10.0 Å². The van der Waals surface area contributed by atoms with Gasteiger partial charge in [-0.25, -0.2) is 0 Å². The maximum Gasteiger partial charge on any atom is 0.293 e. The molecule has 31 heavy (non-hydrogen) atoms. The number of hydrogen-bond donors (Lipinski definition) is 1. The Morgan fingerprint density at radius 3 is 2.16 bits per heavy atom. The molecule has 1 fully saturated rings. The molecule has 1 heterocycles. The number of rotatable bonds is 6. The molecule has 0 aromatic heterocycles. The molecular weight excluding hydrogens is 392 g/mol. The van der Waals surface area contributed by atoms with Crippen molar-refractivity contribution in [3.05, 3.63) is 106 Å². The predicted molar refractivity (Wildman–Crippen MR) is 119 cm³/mol. The Morgan fingerprint density at radius 2 is 1.55 bits per heavy atom. The fraction of sp³-hybridized carbons (Fsp3) is 0.240. The van der Waals surface area contributed by atoms with Crippen molar-refractivity contribution in [3.63, 3.8) is 0 Å². The first kappa shape index (κ1) is 20.8. The Morgan fingerprint density at radius 1 is 0.935 bits per heavy atom. The Kier molecular flexibility index (Phi) is 6.09. The second-order valence-electron chi connectivity index (χ2n) is 7.84. The van der Waals surface area contributed by atoms with Gasteiger partial charge in [0.2, 0.25) is 0 Å². The molecule has 158 valence electrons. The highest BCUT2D eigenvalue weighted by Crippen LogP contribution is 2.36. The average molecular weight is 416 g/mol. The van der Waals surface area contributed by atoms with Crippen LogP contribution in [0.15, 0.2) is 78.9 Å². The molecule has 1 saturated heterocycles. The van der Waals surface area contributed by atoms with Gasteiger partial charge in [-0.2, -0.15) is 0 Å². The van der Waals surface area contributed by atoms with Crippen LogP contribution in [0.5, 0.6) is 0 Å². The molecule has 1 atom stereocenters. The molecule has 1 N–H and O–H groups in total. The highest BCUT2D eigenvalue weighted by molar-refractivity contribution is 6.09. The molecule has 3 aromatic rings. The molecule has 0 saturated carbocycles. The lowest BCUT2D eigenvalue weighted by Crippen LogP contribution is -2.36. The fourth-order valence-electron chi connectivity index (χ4n) is 4.21. The summed E-state index contributed by atoms with van der Waals surface area (Å²) < 4.78 is 0. The normalized spacial score (nSPS) is 15.5. The van der Waals surface area contributed by atoms with E-state index in [4.69, 9.17) is 0 Å². The number of hydrogen-bond acceptors (Lipinski definition) is 5. The highest BCUT2D eigenvalue weighted by Gasteiger charge is 2.29. The first-order valence-corrected chi connectivity index (χ1v) is 10.4. The van der Waals surface area contributed by atoms with Crippen molar-refractivity contribution >= 4 is 17.2 Å². The second kappa shape index (κ2) is 9.10. The topological polar surface area (TPSA) is 83.7 Å². The van der Waals surface area contributed by atoms with Crippen molar-refractivity contribution in [2.24, 2.45) is 5.92 Å². The summed E-state index contributed by atoms with van der Waals surface area (Å²) in [7, 11) is 0. The van der Waals surface area contributed by atoms with Gasteiger partial charge in [-0.05, 0) is 36.5 Å². The molecule has 1 unspecified atom stereocenters. The monoisotopic (exact) mass is 416 g/mol. The molecule has 4 rings (SSSR count). The molecule has 1 aliphatic heterocycles. The molecule has 0 radical (unpaired) electrons. The lowest BCUT2D eigenvalue weighted by atomic mass is 9.87. The van der Waals surface area contributed by atoms with Crippen molar-refractivity contribution in [1.82, 2.24) is 0 Å². The van der Waals surface area contributed by atoms with E-state index in [0.29, 0.717) is 29.9 Å². The molecule has 6 nitrogen and oxygen atoms in total. The van der Waals surface area contributed by atoms with E-state index in [1.165, 1.54) is 6.07 Å². The van der Waals surface area contributed by atoms with Crippen molar-refractivity contribution in [2.75, 3.05) is 18.0 Å². The van der Waals surface area contributed by atoms with Crippen LogP contribution >= 0.6 is 0 Å². The third-order valence-electron chi connectivity index (χ3n) is 5.94. The molecule has 1 aliphatic rings. The van der Waals surface area contributed by atoms with E-state index < -0.39 is 11.0 Å². The van der Waals surface area contributed by atoms with Crippen LogP contribution in [0.2, 0.25) is 0 Å². The zero-order chi connectivity index (χ0) is 21.8. The van der Waals surface area contributed by atoms with Gasteiger partial charge in [0.15, 0.2) is 5.78 Å². The molecule has 3 aromatic carbocycles. The van der Waals surface area contributed by atoms with Crippen LogP contribution < -0.4 is 4.90 Å². The number of anilines is 1. The zero-order valence-electron chi connectivity index (χ0n) is 17.1. The number of carbonyl (C=O) groups excluding carboxylic acids is 1. The number of aliphatic hydroxyl groups is 1. The number of ketones is 1. The van der Waals surface area contributed by atoms with Crippen LogP contribution in [0, 0.1) is 16.0 Å². The van der Waals surface area contributed by atoms with Gasteiger partial charge in [-0.15, -0.1) is 0 Å². The van der Waals surface area contributed by atoms with Crippen molar-refractivity contribution in [2.45, 2.75) is 18.9 Å². The number of aliphatic hydroxyl groups excluding tert-OH is 1. The van der Waals surface area contributed by atoms with E-state index in [0.717, 1.165) is 18.4 Å². The molecular formula is C25H24N2O4. The summed E-state index contributed by atoms with van der Waals surface area (Å²) in [6.07, 6.45) is 0.930. The lowest BCUT2D eigenvalue weighted by molar-refractivity contribution is -0.384. The van der Waals surface area contributed by atoms with Gasteiger partial charge in [0.05, 0.1) is 11.0 Å². The largest absolute Gasteiger partial charge is 0.388 e. The van der Waals surface area contributed by atoms with Gasteiger partial charge >= 0.3 is 0 Å². The van der Waals surface area contributed by atoms with E-state index in [1.807, 2.05) is 41.3 Å². The zero-order valence-corrected chi connectivity index (χ0v) is 17.1. The van der Waals surface area contributed by atoms with Crippen LogP contribution in [0.3, 0.4) is 0 Å². The summed E-state index contributed by atoms with van der Waals surface area (Å²) >= 11 is 0. The summed E-state index contributed by atoms with van der Waals surface area (Å²) in [5.41, 5.74) is 2.15. The summed E-state index contributed by atoms with van der Waals surface area (Å²) in [5, 5.41) is 22.4. The van der Waals surface area contributed by atoms with Crippen LogP contribution in [0.25, 0.3) is 0 Å². The van der Waals surface area contributed by atoms with Gasteiger partial charge in [0.25, 0.3) is 5.69 Å². The smallest absolute Gasteiger partial charge is 0.293 e. The number of nitro benzene ring substituents is 1. The number of nitrogens with zero attached hydrogens (tertiary/aromatic N) is 2. The minimum atomic E-state index is -0.538. The van der Waals surface area contributed by atoms with E-state index in [-0.39, 0.29) is 17.4 Å². The molecule has 6 heteroatoms. The summed E-state index contributed by atoms with van der Waals surface area (Å²) in [4.78, 5) is 26.0. The third-order valence-corrected chi connectivity index (χ3v) is 5.94. The fourth-order valence-corrected chi connectivity index (χ4v) is 4.21. The van der Waals surface area contributed by atoms with Crippen molar-refractivity contribution in [1.29, 1.82) is 0 Å². The summed E-state index contributed by atoms with van der Waals surface area (Å²) in [6, 6.07) is 23.0. The number of piperidine rings is 1. The second-order valence-corrected chi connectivity index (χ2v) is 7.84. The van der Waals surface area contributed by atoms with Crippen molar-refractivity contribution in [3.8, 4) is 0 Å². The van der Waals surface area contributed by atoms with Crippen LogP contribution in [0.1, 0.15) is 40.4 Å². The Labute approximate surface area is 180 Å². The Hall–Kier alpha value is -3.51. The van der Waals surface area contributed by atoms with E-state index >= 15 is 0 Å². The van der Waals surface area contributed by atoms with Gasteiger partial charge in [-0.3, -0.25) is 14.9 Å². The maximum absolute atomic E-state index is 12.7. The van der Waals surface area contributed by atoms with Gasteiger partial charge in [0, 0.05) is 30.3 Å². The average Bonchev–Trinajstić information content (AvgIpc) is 2.84. The lowest BCUT2D eigenvalue weighted by Gasteiger charge is -2.35. The Balaban J connectivity index is 1.51. The van der Waals surface area contributed by atoms with E-state index in [1.54, 1.807) is 36.4 Å². The van der Waals surface area contributed by atoms with Crippen LogP contribution in [0.4, 0.5) is 11.4 Å². The molecule has 0 spiro atoms. The SMILES string of the molecule is O=C(c1ccccc1)c1ccc(N2CCC(C(O)c3ccccc3)CC2)c([N+](=O)[O-])c1. The number of benzene rings is 3. The quantitative estimate of drug-likeness (QED) is 0.355. The van der Waals surface area contributed by atoms with Crippen molar-refractivity contribution < 1.29 is 14.8 Å². The maximum atomic E-state index is 12.7. The van der Waals surface area contributed by atoms with E-state index in [2.05, 4.69) is 0 Å². The third kappa shape index (κ3) is 4.49. The first-order valence-electron chi connectivity index (χ1n) is 10.4. The molecule has 0 bridgehead atoms. The van der Waals surface area contributed by atoms with E-state index in [9.17, 15) is 20.0 Å². The molecule has 0 aliphatic carbocycles. The molecule has 0 amide bonds. The Bertz CT molecular complexity index is 1060. The number of carbonyl (C=O) groups is 1. The van der Waals surface area contributed by atoms with Gasteiger partial charge in [0.1, 0.15) is 5.69 Å². The first-order chi connectivity index (χ1) is 15.0. The van der Waals surface area contributed by atoms with Crippen LogP contribution in [-0.4, -0.2) is 28.9 Å². The standard InChI is InChI=1S/C25H24N2O4/c28-24(18-7-3-1-4-8-18)20-13-15-26(16-14-20)22-12-11-21(17-23(22)27(30)31)25(29)19-9-5-2-6-10-19/h1-12,17,20,24,28H,13-16H2. The number of nitro groups is 1. The minimum absolute atomic E-state index is 0.0659. The summed E-state index contributed by atoms with van der Waals surface area (Å²) in [5.74, 6) is -0.128. The minimum Gasteiger partial charge on any atom is -0.388 e. The van der Waals surface area contributed by atoms with Crippen LogP contribution in [-0.2, 0) is 0 Å².